The summed E-state index contributed by atoms with van der Waals surface area (Å²) in [6, 6.07) is 2.14. The van der Waals surface area contributed by atoms with E-state index >= 15 is 0 Å². The Bertz CT molecular complexity index is 407. The van der Waals surface area contributed by atoms with Gasteiger partial charge in [0.05, 0.1) is 0 Å². The van der Waals surface area contributed by atoms with Gasteiger partial charge in [-0.1, -0.05) is 6.92 Å². The minimum absolute atomic E-state index is 0.222. The van der Waals surface area contributed by atoms with Gasteiger partial charge in [-0.25, -0.2) is 9.97 Å². The highest BCUT2D eigenvalue weighted by molar-refractivity contribution is 5.76. The molecule has 5 nitrogen and oxygen atoms in total. The molecular formula is C12H18N4O. The van der Waals surface area contributed by atoms with Crippen LogP contribution in [0.15, 0.2) is 12.3 Å². The van der Waals surface area contributed by atoms with Gasteiger partial charge in [-0.3, -0.25) is 4.79 Å². The molecule has 17 heavy (non-hydrogen) atoms. The monoisotopic (exact) mass is 234 g/mol. The van der Waals surface area contributed by atoms with Crippen LogP contribution < -0.4 is 5.32 Å². The molecule has 0 radical (unpaired) electrons. The number of hydrogen-bond donors (Lipinski definition) is 1. The zero-order valence-electron chi connectivity index (χ0n) is 10.3. The van der Waals surface area contributed by atoms with Crippen LogP contribution in [0.3, 0.4) is 0 Å². The van der Waals surface area contributed by atoms with Gasteiger partial charge in [-0.15, -0.1) is 0 Å². The summed E-state index contributed by atoms with van der Waals surface area (Å²) in [7, 11) is 0. The molecule has 1 aromatic heterocycles. The largest absolute Gasteiger partial charge is 0.350 e. The number of nitrogens with one attached hydrogen (secondary N) is 1. The molecule has 1 aliphatic heterocycles. The number of carbonyl (C=O) groups excluding carboxylic acids is 1. The van der Waals surface area contributed by atoms with E-state index < -0.39 is 0 Å². The molecule has 0 spiro atoms. The second-order valence-corrected chi connectivity index (χ2v) is 4.34. The lowest BCUT2D eigenvalue weighted by atomic mass is 10.3. The molecule has 1 atom stereocenters. The Hall–Kier alpha value is -1.65. The fourth-order valence-corrected chi connectivity index (χ4v) is 2.03. The number of carbonyl (C=O) groups is 1. The topological polar surface area (TPSA) is 58.1 Å². The first-order valence-electron chi connectivity index (χ1n) is 6.03. The summed E-state index contributed by atoms with van der Waals surface area (Å²) in [5.74, 6) is 0.875. The van der Waals surface area contributed by atoms with Crippen molar-refractivity contribution in [2.24, 2.45) is 0 Å². The Morgan fingerprint density at radius 1 is 1.65 bits per heavy atom. The molecule has 1 unspecified atom stereocenters. The highest BCUT2D eigenvalue weighted by Crippen LogP contribution is 2.14. The van der Waals surface area contributed by atoms with Crippen molar-refractivity contribution in [3.05, 3.63) is 18.0 Å². The van der Waals surface area contributed by atoms with E-state index in [9.17, 15) is 4.79 Å². The third kappa shape index (κ3) is 2.93. The Morgan fingerprint density at radius 3 is 3.18 bits per heavy atom. The molecule has 1 N–H and O–H groups in total. The molecule has 0 aromatic carbocycles. The summed E-state index contributed by atoms with van der Waals surface area (Å²) in [5, 5.41) is 3.27. The molecule has 2 heterocycles. The van der Waals surface area contributed by atoms with Crippen LogP contribution in [0.5, 0.6) is 0 Å². The fourth-order valence-electron chi connectivity index (χ4n) is 2.03. The van der Waals surface area contributed by atoms with Crippen molar-refractivity contribution in [1.29, 1.82) is 0 Å². The molecule has 5 heteroatoms. The van der Waals surface area contributed by atoms with Gasteiger partial charge in [0.15, 0.2) is 0 Å². The van der Waals surface area contributed by atoms with Crippen LogP contribution in [-0.2, 0) is 4.79 Å². The van der Waals surface area contributed by atoms with E-state index in [4.69, 9.17) is 0 Å². The smallest absolute Gasteiger partial charge is 0.223 e. The fraction of sp³-hybridized carbons (Fsp3) is 0.583. The van der Waals surface area contributed by atoms with E-state index in [1.807, 2.05) is 24.8 Å². The first kappa shape index (κ1) is 11.8. The molecular weight excluding hydrogens is 216 g/mol. The Morgan fingerprint density at radius 2 is 2.47 bits per heavy atom. The first-order chi connectivity index (χ1) is 8.19. The summed E-state index contributed by atoms with van der Waals surface area (Å²) in [4.78, 5) is 21.9. The highest BCUT2D eigenvalue weighted by atomic mass is 16.2. The van der Waals surface area contributed by atoms with Gasteiger partial charge >= 0.3 is 0 Å². The lowest BCUT2D eigenvalue weighted by molar-refractivity contribution is -0.129. The molecule has 1 aliphatic rings. The second kappa shape index (κ2) is 5.12. The summed E-state index contributed by atoms with van der Waals surface area (Å²) >= 11 is 0. The molecule has 2 rings (SSSR count). The first-order valence-corrected chi connectivity index (χ1v) is 6.03. The van der Waals surface area contributed by atoms with Crippen molar-refractivity contribution >= 4 is 11.9 Å². The van der Waals surface area contributed by atoms with Crippen molar-refractivity contribution in [2.75, 3.05) is 18.4 Å². The average molecular weight is 234 g/mol. The third-order valence-corrected chi connectivity index (χ3v) is 2.97. The third-order valence-electron chi connectivity index (χ3n) is 2.97. The van der Waals surface area contributed by atoms with Gasteiger partial charge in [0.1, 0.15) is 0 Å². The van der Waals surface area contributed by atoms with Crippen LogP contribution in [-0.4, -0.2) is 39.9 Å². The van der Waals surface area contributed by atoms with Crippen LogP contribution >= 0.6 is 0 Å². The summed E-state index contributed by atoms with van der Waals surface area (Å²) < 4.78 is 0. The van der Waals surface area contributed by atoms with E-state index in [2.05, 4.69) is 15.3 Å². The zero-order chi connectivity index (χ0) is 12.3. The summed E-state index contributed by atoms with van der Waals surface area (Å²) in [6.07, 6.45) is 3.28. The number of rotatable bonds is 3. The maximum absolute atomic E-state index is 11.5. The van der Waals surface area contributed by atoms with Gasteiger partial charge in [0, 0.05) is 37.4 Å². The van der Waals surface area contributed by atoms with Gasteiger partial charge in [0.2, 0.25) is 11.9 Å². The van der Waals surface area contributed by atoms with Crippen LogP contribution in [0.25, 0.3) is 0 Å². The average Bonchev–Trinajstić information content (AvgIpc) is 2.76. The van der Waals surface area contributed by atoms with E-state index in [1.54, 1.807) is 6.20 Å². The molecule has 1 fully saturated rings. The zero-order valence-corrected chi connectivity index (χ0v) is 10.3. The Balaban J connectivity index is 1.92. The van der Waals surface area contributed by atoms with E-state index in [0.717, 1.165) is 25.2 Å². The summed E-state index contributed by atoms with van der Waals surface area (Å²) in [5.41, 5.74) is 0.946. The minimum atomic E-state index is 0.222. The quantitative estimate of drug-likeness (QED) is 0.854. The normalized spacial score (nSPS) is 19.4. The maximum atomic E-state index is 11.5. The van der Waals surface area contributed by atoms with Crippen molar-refractivity contribution in [3.8, 4) is 0 Å². The van der Waals surface area contributed by atoms with Gasteiger partial charge < -0.3 is 10.2 Å². The van der Waals surface area contributed by atoms with Crippen molar-refractivity contribution < 1.29 is 4.79 Å². The number of amides is 1. The maximum Gasteiger partial charge on any atom is 0.223 e. The van der Waals surface area contributed by atoms with Gasteiger partial charge in [-0.2, -0.15) is 0 Å². The SMILES string of the molecule is CCC(=O)N1CCC(Nc2nccc(C)n2)C1. The number of hydrogen-bond acceptors (Lipinski definition) is 4. The molecule has 1 saturated heterocycles. The van der Waals surface area contributed by atoms with Crippen LogP contribution in [0.1, 0.15) is 25.5 Å². The lowest BCUT2D eigenvalue weighted by Crippen LogP contribution is -2.31. The second-order valence-electron chi connectivity index (χ2n) is 4.34. The van der Waals surface area contributed by atoms with E-state index in [0.29, 0.717) is 12.4 Å². The Kier molecular flexibility index (Phi) is 3.56. The van der Waals surface area contributed by atoms with Crippen molar-refractivity contribution in [1.82, 2.24) is 14.9 Å². The van der Waals surface area contributed by atoms with E-state index in [1.165, 1.54) is 0 Å². The van der Waals surface area contributed by atoms with Crippen LogP contribution in [0, 0.1) is 6.92 Å². The highest BCUT2D eigenvalue weighted by Gasteiger charge is 2.25. The molecule has 0 bridgehead atoms. The van der Waals surface area contributed by atoms with Crippen LogP contribution in [0.4, 0.5) is 5.95 Å². The predicted molar refractivity (Wildman–Crippen MR) is 65.7 cm³/mol. The van der Waals surface area contributed by atoms with Gasteiger partial charge in [0.25, 0.3) is 0 Å². The molecule has 0 aliphatic carbocycles. The van der Waals surface area contributed by atoms with Crippen molar-refractivity contribution in [2.45, 2.75) is 32.7 Å². The molecule has 1 amide bonds. The number of likely N-dealkylation sites (tertiary alicyclic amines) is 1. The molecule has 1 aromatic rings. The standard InChI is InChI=1S/C12H18N4O/c1-3-11(17)16-7-5-10(8-16)15-12-13-6-4-9(2)14-12/h4,6,10H,3,5,7-8H2,1-2H3,(H,13,14,15). The molecule has 92 valence electrons. The number of aromatic nitrogens is 2. The lowest BCUT2D eigenvalue weighted by Gasteiger charge is -2.16. The summed E-state index contributed by atoms with van der Waals surface area (Å²) in [6.45, 7) is 5.42. The minimum Gasteiger partial charge on any atom is -0.350 e. The van der Waals surface area contributed by atoms with Gasteiger partial charge in [-0.05, 0) is 19.4 Å². The molecule has 0 saturated carbocycles. The van der Waals surface area contributed by atoms with E-state index in [-0.39, 0.29) is 11.9 Å². The van der Waals surface area contributed by atoms with Crippen molar-refractivity contribution in [3.63, 3.8) is 0 Å². The predicted octanol–water partition coefficient (Wildman–Crippen LogP) is 1.21. The number of aryl methyl sites for hydroxylation is 1. The Labute approximate surface area is 101 Å². The number of anilines is 1. The number of nitrogens with zero attached hydrogens (tertiary/aromatic N) is 3. The van der Waals surface area contributed by atoms with Crippen LogP contribution in [0.2, 0.25) is 0 Å².